The molecule has 7 aromatic rings. The molecule has 0 fully saturated rings. The molecule has 0 saturated heterocycles. The molecule has 46 heavy (non-hydrogen) atoms. The maximum atomic E-state index is 11.6. The van der Waals surface area contributed by atoms with Gasteiger partial charge in [-0.3, -0.25) is 30.1 Å². The third-order valence-electron chi connectivity index (χ3n) is 7.73. The first kappa shape index (κ1) is 28.2. The van der Waals surface area contributed by atoms with Crippen molar-refractivity contribution in [2.45, 2.75) is 0 Å². The molecular formula is C38H26N6O2. The van der Waals surface area contributed by atoms with Crippen molar-refractivity contribution in [1.82, 2.24) is 19.9 Å². The summed E-state index contributed by atoms with van der Waals surface area (Å²) < 4.78 is 0. The van der Waals surface area contributed by atoms with Gasteiger partial charge in [0.15, 0.2) is 0 Å². The Morgan fingerprint density at radius 1 is 0.391 bits per heavy atom. The van der Waals surface area contributed by atoms with Crippen LogP contribution in [0.4, 0.5) is 22.7 Å². The van der Waals surface area contributed by atoms with Crippen LogP contribution < -0.4 is 4.90 Å². The van der Waals surface area contributed by atoms with Gasteiger partial charge in [-0.05, 0) is 142 Å². The lowest BCUT2D eigenvalue weighted by molar-refractivity contribution is -0.384. The van der Waals surface area contributed by atoms with Crippen LogP contribution in [-0.4, -0.2) is 24.9 Å². The SMILES string of the molecule is O=[N+]([O-])c1ccc(N(c2cc(-c3ccncc3)cc(-c3ccncc3)c2)c2cc(-c3ccncc3)cc(-c3ccncc3)c2)cc1. The molecule has 0 unspecified atom stereocenters. The molecule has 4 heterocycles. The fourth-order valence-electron chi connectivity index (χ4n) is 5.50. The minimum Gasteiger partial charge on any atom is -0.310 e. The standard InChI is InChI=1S/C38H26N6O2/c45-44(46)36-3-1-35(2-4-36)43(37-23-31(27-5-13-39-14-6-27)21-32(24-37)28-7-15-40-16-8-28)38-25-33(29-9-17-41-18-10-29)22-34(26-38)30-11-19-42-20-12-30/h1-26H. The van der Waals surface area contributed by atoms with Crippen LogP contribution in [0.3, 0.4) is 0 Å². The lowest BCUT2D eigenvalue weighted by atomic mass is 9.96. The number of pyridine rings is 4. The molecule has 3 aromatic carbocycles. The number of hydrogen-bond donors (Lipinski definition) is 0. The summed E-state index contributed by atoms with van der Waals surface area (Å²) in [7, 11) is 0. The highest BCUT2D eigenvalue weighted by atomic mass is 16.6. The predicted octanol–water partition coefficient (Wildman–Crippen LogP) is 9.31. The summed E-state index contributed by atoms with van der Waals surface area (Å²) in [6.07, 6.45) is 14.2. The first-order valence-electron chi connectivity index (χ1n) is 14.6. The normalized spacial score (nSPS) is 10.8. The van der Waals surface area contributed by atoms with Gasteiger partial charge in [0.1, 0.15) is 0 Å². The zero-order chi connectivity index (χ0) is 31.3. The van der Waals surface area contributed by atoms with E-state index in [4.69, 9.17) is 0 Å². The van der Waals surface area contributed by atoms with Crippen molar-refractivity contribution in [3.63, 3.8) is 0 Å². The second kappa shape index (κ2) is 12.6. The molecule has 7 rings (SSSR count). The number of nitrogens with zero attached hydrogens (tertiary/aromatic N) is 6. The number of anilines is 3. The molecule has 0 atom stereocenters. The summed E-state index contributed by atoms with van der Waals surface area (Å²) in [5.74, 6) is 0. The van der Waals surface area contributed by atoms with E-state index in [-0.39, 0.29) is 10.6 Å². The lowest BCUT2D eigenvalue weighted by Crippen LogP contribution is -2.11. The zero-order valence-electron chi connectivity index (χ0n) is 24.5. The smallest absolute Gasteiger partial charge is 0.269 e. The molecule has 0 amide bonds. The van der Waals surface area contributed by atoms with Crippen LogP contribution in [0.5, 0.6) is 0 Å². The van der Waals surface area contributed by atoms with Crippen molar-refractivity contribution in [3.8, 4) is 44.5 Å². The number of hydrogen-bond acceptors (Lipinski definition) is 7. The molecule has 0 radical (unpaired) electrons. The van der Waals surface area contributed by atoms with E-state index < -0.39 is 0 Å². The maximum Gasteiger partial charge on any atom is 0.269 e. The Hall–Kier alpha value is -6.54. The van der Waals surface area contributed by atoms with Gasteiger partial charge in [-0.15, -0.1) is 0 Å². The van der Waals surface area contributed by atoms with Crippen molar-refractivity contribution >= 4 is 22.7 Å². The molecule has 8 heteroatoms. The maximum absolute atomic E-state index is 11.6. The first-order chi connectivity index (χ1) is 22.6. The fourth-order valence-corrected chi connectivity index (χ4v) is 5.50. The van der Waals surface area contributed by atoms with Crippen LogP contribution in [0.25, 0.3) is 44.5 Å². The van der Waals surface area contributed by atoms with Gasteiger partial charge in [0.25, 0.3) is 5.69 Å². The van der Waals surface area contributed by atoms with Gasteiger partial charge in [0.05, 0.1) is 4.92 Å². The van der Waals surface area contributed by atoms with E-state index in [9.17, 15) is 10.1 Å². The van der Waals surface area contributed by atoms with Gasteiger partial charge >= 0.3 is 0 Å². The summed E-state index contributed by atoms with van der Waals surface area (Å²) in [5, 5.41) is 11.6. The van der Waals surface area contributed by atoms with Crippen LogP contribution >= 0.6 is 0 Å². The highest BCUT2D eigenvalue weighted by Crippen LogP contribution is 2.42. The van der Waals surface area contributed by atoms with E-state index in [0.29, 0.717) is 0 Å². The number of non-ortho nitro benzene ring substituents is 1. The topological polar surface area (TPSA) is 97.9 Å². The number of nitro benzene ring substituents is 1. The van der Waals surface area contributed by atoms with Crippen molar-refractivity contribution < 1.29 is 4.92 Å². The number of nitro groups is 1. The van der Waals surface area contributed by atoms with Crippen LogP contribution in [0.2, 0.25) is 0 Å². The number of rotatable bonds is 8. The quantitative estimate of drug-likeness (QED) is 0.127. The molecule has 0 aliphatic heterocycles. The molecule has 0 N–H and O–H groups in total. The summed E-state index contributed by atoms with van der Waals surface area (Å²) in [5.41, 5.74) is 10.6. The zero-order valence-corrected chi connectivity index (χ0v) is 24.5. The Balaban J connectivity index is 1.50. The van der Waals surface area contributed by atoms with Gasteiger partial charge in [0.2, 0.25) is 0 Å². The molecule has 0 aliphatic carbocycles. The van der Waals surface area contributed by atoms with E-state index in [1.165, 1.54) is 12.1 Å². The lowest BCUT2D eigenvalue weighted by Gasteiger charge is -2.28. The molecule has 0 aliphatic rings. The van der Waals surface area contributed by atoms with Crippen LogP contribution in [0, 0.1) is 10.1 Å². The Morgan fingerprint density at radius 3 is 0.978 bits per heavy atom. The largest absolute Gasteiger partial charge is 0.310 e. The Bertz CT molecular complexity index is 1870. The summed E-state index contributed by atoms with van der Waals surface area (Å²) in [4.78, 5) is 30.2. The minimum absolute atomic E-state index is 0.0229. The molecule has 220 valence electrons. The molecule has 0 saturated carbocycles. The van der Waals surface area contributed by atoms with Crippen LogP contribution in [-0.2, 0) is 0 Å². The average Bonchev–Trinajstić information content (AvgIpc) is 3.13. The van der Waals surface area contributed by atoms with Gasteiger partial charge in [-0.2, -0.15) is 0 Å². The number of aromatic nitrogens is 4. The summed E-state index contributed by atoms with van der Waals surface area (Å²) in [6.45, 7) is 0. The summed E-state index contributed by atoms with van der Waals surface area (Å²) >= 11 is 0. The molecule has 4 aromatic heterocycles. The monoisotopic (exact) mass is 598 g/mol. The van der Waals surface area contributed by atoms with E-state index in [1.54, 1.807) is 61.7 Å². The third-order valence-corrected chi connectivity index (χ3v) is 7.73. The molecule has 0 bridgehead atoms. The van der Waals surface area contributed by atoms with Crippen molar-refractivity contribution in [2.24, 2.45) is 0 Å². The van der Waals surface area contributed by atoms with Crippen molar-refractivity contribution in [1.29, 1.82) is 0 Å². The van der Waals surface area contributed by atoms with Crippen LogP contribution in [0.15, 0.2) is 159 Å². The Morgan fingerprint density at radius 2 is 0.696 bits per heavy atom. The van der Waals surface area contributed by atoms with Crippen molar-refractivity contribution in [3.05, 3.63) is 169 Å². The molecular weight excluding hydrogens is 572 g/mol. The minimum atomic E-state index is -0.384. The predicted molar refractivity (Wildman–Crippen MR) is 181 cm³/mol. The highest BCUT2D eigenvalue weighted by molar-refractivity contribution is 5.88. The number of benzene rings is 3. The van der Waals surface area contributed by atoms with E-state index in [0.717, 1.165) is 61.6 Å². The average molecular weight is 599 g/mol. The highest BCUT2D eigenvalue weighted by Gasteiger charge is 2.19. The second-order valence-electron chi connectivity index (χ2n) is 10.6. The van der Waals surface area contributed by atoms with E-state index in [2.05, 4.69) is 61.2 Å². The van der Waals surface area contributed by atoms with E-state index >= 15 is 0 Å². The third kappa shape index (κ3) is 5.95. The second-order valence-corrected chi connectivity index (χ2v) is 10.6. The van der Waals surface area contributed by atoms with Gasteiger partial charge < -0.3 is 4.90 Å². The van der Waals surface area contributed by atoms with Crippen molar-refractivity contribution in [2.75, 3.05) is 4.90 Å². The first-order valence-corrected chi connectivity index (χ1v) is 14.6. The van der Waals surface area contributed by atoms with E-state index in [1.807, 2.05) is 48.5 Å². The fraction of sp³-hybridized carbons (Fsp3) is 0. The molecule has 8 nitrogen and oxygen atoms in total. The van der Waals surface area contributed by atoms with Gasteiger partial charge in [-0.25, -0.2) is 0 Å². The van der Waals surface area contributed by atoms with Gasteiger partial charge in [0, 0.05) is 78.8 Å². The Labute approximate surface area is 265 Å². The summed E-state index contributed by atoms with van der Waals surface area (Å²) in [6, 6.07) is 35.3. The molecule has 0 spiro atoms. The van der Waals surface area contributed by atoms with Gasteiger partial charge in [-0.1, -0.05) is 0 Å². The Kier molecular flexibility index (Phi) is 7.73. The van der Waals surface area contributed by atoms with Crippen LogP contribution in [0.1, 0.15) is 0 Å².